The second-order valence-corrected chi connectivity index (χ2v) is 3.32. The highest BCUT2D eigenvalue weighted by Gasteiger charge is 2.01. The molecule has 0 radical (unpaired) electrons. The number of aromatic hydroxyl groups is 1. The summed E-state index contributed by atoms with van der Waals surface area (Å²) < 4.78 is 0.713. The van der Waals surface area contributed by atoms with Crippen LogP contribution < -0.4 is 5.73 Å². The summed E-state index contributed by atoms with van der Waals surface area (Å²) in [7, 11) is 0. The molecule has 0 aromatic heterocycles. The van der Waals surface area contributed by atoms with Gasteiger partial charge in [-0.2, -0.15) is 0 Å². The molecule has 0 saturated carbocycles. The molecule has 1 aromatic carbocycles. The minimum atomic E-state index is 0.192. The van der Waals surface area contributed by atoms with Crippen molar-refractivity contribution in [1.82, 2.24) is 0 Å². The summed E-state index contributed by atoms with van der Waals surface area (Å²) in [6.45, 7) is 0. The van der Waals surface area contributed by atoms with Gasteiger partial charge in [0.05, 0.1) is 0 Å². The van der Waals surface area contributed by atoms with Crippen LogP contribution in [0.2, 0.25) is 0 Å². The lowest BCUT2D eigenvalue weighted by molar-refractivity contribution is 0.475. The second kappa shape index (κ2) is 3.19. The zero-order valence-corrected chi connectivity index (χ0v) is 7.95. The molecule has 0 bridgehead atoms. The number of phenols is 1. The van der Waals surface area contributed by atoms with Crippen LogP contribution in [0.15, 0.2) is 22.7 Å². The molecule has 0 unspecified atom stereocenters. The molecule has 0 fully saturated rings. The number of hydrogen-bond acceptors (Lipinski definition) is 2. The minimum Gasteiger partial charge on any atom is -0.508 e. The van der Waals surface area contributed by atoms with Crippen LogP contribution in [0.25, 0.3) is 0 Å². The molecule has 1 aromatic rings. The number of rotatable bonds is 1. The Morgan fingerprint density at radius 1 is 1.55 bits per heavy atom. The number of halogens is 1. The second-order valence-electron chi connectivity index (χ2n) is 2.03. The Hall–Kier alpha value is -0.610. The standard InChI is InChI=1S/C7H6BrNOS/c8-6-3-4(10)1-2-5(6)7(9)11/h1-3,10H,(H2,9,11). The summed E-state index contributed by atoms with van der Waals surface area (Å²) >= 11 is 7.98. The van der Waals surface area contributed by atoms with Crippen LogP contribution in [0, 0.1) is 0 Å². The van der Waals surface area contributed by atoms with E-state index < -0.39 is 0 Å². The Bertz CT molecular complexity index is 300. The minimum absolute atomic E-state index is 0.192. The fraction of sp³-hybridized carbons (Fsp3) is 0. The first-order chi connectivity index (χ1) is 5.11. The Kier molecular flexibility index (Phi) is 2.46. The van der Waals surface area contributed by atoms with Gasteiger partial charge in [0.2, 0.25) is 0 Å². The van der Waals surface area contributed by atoms with Crippen LogP contribution in [0.5, 0.6) is 5.75 Å². The van der Waals surface area contributed by atoms with Crippen molar-refractivity contribution < 1.29 is 5.11 Å². The van der Waals surface area contributed by atoms with Crippen LogP contribution in [0.1, 0.15) is 5.56 Å². The predicted octanol–water partition coefficient (Wildman–Crippen LogP) is 1.79. The lowest BCUT2D eigenvalue weighted by atomic mass is 10.2. The number of thiocarbonyl (C=S) groups is 1. The van der Waals surface area contributed by atoms with Gasteiger partial charge in [-0.1, -0.05) is 12.2 Å². The summed E-state index contributed by atoms with van der Waals surface area (Å²) in [5.74, 6) is 0.192. The van der Waals surface area contributed by atoms with E-state index in [4.69, 9.17) is 23.1 Å². The number of benzene rings is 1. The van der Waals surface area contributed by atoms with E-state index in [0.29, 0.717) is 9.46 Å². The third-order valence-corrected chi connectivity index (χ3v) is 2.09. The molecule has 58 valence electrons. The maximum Gasteiger partial charge on any atom is 0.116 e. The predicted molar refractivity (Wildman–Crippen MR) is 51.7 cm³/mol. The van der Waals surface area contributed by atoms with Crippen molar-refractivity contribution in [1.29, 1.82) is 0 Å². The summed E-state index contributed by atoms with van der Waals surface area (Å²) in [5.41, 5.74) is 6.12. The van der Waals surface area contributed by atoms with Crippen LogP contribution in [0.3, 0.4) is 0 Å². The molecule has 0 amide bonds. The van der Waals surface area contributed by atoms with Crippen LogP contribution >= 0.6 is 28.1 Å². The number of nitrogens with two attached hydrogens (primary N) is 1. The molecule has 4 heteroatoms. The highest BCUT2D eigenvalue weighted by Crippen LogP contribution is 2.21. The van der Waals surface area contributed by atoms with Crippen molar-refractivity contribution in [2.75, 3.05) is 0 Å². The summed E-state index contributed by atoms with van der Waals surface area (Å²) in [4.78, 5) is 0.317. The molecule has 3 N–H and O–H groups in total. The zero-order valence-electron chi connectivity index (χ0n) is 5.54. The van der Waals surface area contributed by atoms with Gasteiger partial charge in [-0.3, -0.25) is 0 Å². The van der Waals surface area contributed by atoms with Crippen molar-refractivity contribution in [2.45, 2.75) is 0 Å². The highest BCUT2D eigenvalue weighted by molar-refractivity contribution is 9.10. The quantitative estimate of drug-likeness (QED) is 0.725. The molecular weight excluding hydrogens is 226 g/mol. The molecule has 0 aliphatic heterocycles. The molecule has 11 heavy (non-hydrogen) atoms. The topological polar surface area (TPSA) is 46.2 Å². The lowest BCUT2D eigenvalue weighted by Crippen LogP contribution is -2.09. The van der Waals surface area contributed by atoms with Crippen LogP contribution in [-0.4, -0.2) is 10.1 Å². The zero-order chi connectivity index (χ0) is 8.43. The Balaban J connectivity index is 3.20. The van der Waals surface area contributed by atoms with E-state index in [-0.39, 0.29) is 5.75 Å². The third-order valence-electron chi connectivity index (χ3n) is 1.22. The van der Waals surface area contributed by atoms with Crippen LogP contribution in [0.4, 0.5) is 0 Å². The molecule has 2 nitrogen and oxygen atoms in total. The molecule has 0 saturated heterocycles. The van der Waals surface area contributed by atoms with E-state index >= 15 is 0 Å². The molecule has 0 aliphatic carbocycles. The molecule has 1 rings (SSSR count). The fourth-order valence-electron chi connectivity index (χ4n) is 0.704. The molecular formula is C7H6BrNOS. The number of phenolic OH excluding ortho intramolecular Hbond substituents is 1. The van der Waals surface area contributed by atoms with Gasteiger partial charge < -0.3 is 10.8 Å². The van der Waals surface area contributed by atoms with Gasteiger partial charge >= 0.3 is 0 Å². The Morgan fingerprint density at radius 3 is 2.64 bits per heavy atom. The first kappa shape index (κ1) is 8.49. The summed E-state index contributed by atoms with van der Waals surface area (Å²) in [5, 5.41) is 9.01. The maximum absolute atomic E-state index is 9.01. The third kappa shape index (κ3) is 1.91. The molecule has 0 aliphatic rings. The normalized spacial score (nSPS) is 9.55. The first-order valence-electron chi connectivity index (χ1n) is 2.89. The van der Waals surface area contributed by atoms with Gasteiger partial charge in [-0.25, -0.2) is 0 Å². The average molecular weight is 232 g/mol. The van der Waals surface area contributed by atoms with Gasteiger partial charge in [0.1, 0.15) is 10.7 Å². The van der Waals surface area contributed by atoms with Crippen molar-refractivity contribution in [2.24, 2.45) is 5.73 Å². The molecule has 0 heterocycles. The SMILES string of the molecule is NC(=S)c1ccc(O)cc1Br. The average Bonchev–Trinajstić information content (AvgIpc) is 1.85. The molecule has 0 atom stereocenters. The summed E-state index contributed by atoms with van der Waals surface area (Å²) in [6, 6.07) is 4.76. The molecule has 0 spiro atoms. The highest BCUT2D eigenvalue weighted by atomic mass is 79.9. The maximum atomic E-state index is 9.01. The van der Waals surface area contributed by atoms with E-state index in [1.54, 1.807) is 18.2 Å². The van der Waals surface area contributed by atoms with E-state index in [1.807, 2.05) is 0 Å². The van der Waals surface area contributed by atoms with Crippen LogP contribution in [-0.2, 0) is 0 Å². The smallest absolute Gasteiger partial charge is 0.116 e. The Labute approximate surface area is 78.2 Å². The van der Waals surface area contributed by atoms with Crippen molar-refractivity contribution in [3.8, 4) is 5.75 Å². The van der Waals surface area contributed by atoms with Gasteiger partial charge in [0.15, 0.2) is 0 Å². The van der Waals surface area contributed by atoms with Gasteiger partial charge in [0.25, 0.3) is 0 Å². The van der Waals surface area contributed by atoms with Gasteiger partial charge in [0, 0.05) is 10.0 Å². The Morgan fingerprint density at radius 2 is 2.18 bits per heavy atom. The fourth-order valence-corrected chi connectivity index (χ4v) is 1.59. The van der Waals surface area contributed by atoms with Gasteiger partial charge in [-0.15, -0.1) is 0 Å². The monoisotopic (exact) mass is 231 g/mol. The van der Waals surface area contributed by atoms with Crippen molar-refractivity contribution >= 4 is 33.1 Å². The number of hydrogen-bond donors (Lipinski definition) is 2. The van der Waals surface area contributed by atoms with Crippen molar-refractivity contribution in [3.63, 3.8) is 0 Å². The lowest BCUT2D eigenvalue weighted by Gasteiger charge is -2.01. The van der Waals surface area contributed by atoms with E-state index in [1.165, 1.54) is 0 Å². The first-order valence-corrected chi connectivity index (χ1v) is 4.09. The van der Waals surface area contributed by atoms with E-state index in [9.17, 15) is 0 Å². The van der Waals surface area contributed by atoms with E-state index in [0.717, 1.165) is 5.56 Å². The summed E-state index contributed by atoms with van der Waals surface area (Å²) in [6.07, 6.45) is 0. The van der Waals surface area contributed by atoms with Gasteiger partial charge in [-0.05, 0) is 34.1 Å². The van der Waals surface area contributed by atoms with Crippen molar-refractivity contribution in [3.05, 3.63) is 28.2 Å². The van der Waals surface area contributed by atoms with E-state index in [2.05, 4.69) is 15.9 Å². The largest absolute Gasteiger partial charge is 0.508 e.